The monoisotopic (exact) mass is 543 g/mol. The average molecular weight is 545 g/mol. The van der Waals surface area contributed by atoms with Gasteiger partial charge in [0, 0.05) is 17.1 Å². The lowest BCUT2D eigenvalue weighted by Crippen LogP contribution is -2.54. The fourth-order valence-corrected chi connectivity index (χ4v) is 4.55. The number of nitrogens with one attached hydrogen (secondary N) is 1. The van der Waals surface area contributed by atoms with Crippen LogP contribution in [0.5, 0.6) is 5.75 Å². The highest BCUT2D eigenvalue weighted by atomic mass is 35.5. The van der Waals surface area contributed by atoms with Crippen LogP contribution in [0, 0.1) is 0 Å². The van der Waals surface area contributed by atoms with Gasteiger partial charge in [0.15, 0.2) is 0 Å². The summed E-state index contributed by atoms with van der Waals surface area (Å²) in [5, 5.41) is 3.25. The number of halogens is 2. The van der Waals surface area contributed by atoms with Crippen molar-refractivity contribution < 1.29 is 22.7 Å². The zero-order valence-electron chi connectivity index (χ0n) is 20.6. The minimum absolute atomic E-state index is 0.0719. The Bertz CT molecular complexity index is 1160. The van der Waals surface area contributed by atoms with Crippen molar-refractivity contribution in [3.63, 3.8) is 0 Å². The Morgan fingerprint density at radius 1 is 1.09 bits per heavy atom. The predicted molar refractivity (Wildman–Crippen MR) is 140 cm³/mol. The molecule has 2 aromatic carbocycles. The topological polar surface area (TPSA) is 96.0 Å². The number of hydrogen-bond acceptors (Lipinski definition) is 5. The summed E-state index contributed by atoms with van der Waals surface area (Å²) in [5.41, 5.74) is 0.292. The summed E-state index contributed by atoms with van der Waals surface area (Å²) in [4.78, 5) is 27.8. The summed E-state index contributed by atoms with van der Waals surface area (Å²) < 4.78 is 31.3. The molecule has 0 aliphatic heterocycles. The van der Waals surface area contributed by atoms with E-state index in [0.717, 1.165) is 16.1 Å². The average Bonchev–Trinajstić information content (AvgIpc) is 2.75. The molecule has 0 unspecified atom stereocenters. The number of ether oxygens (including phenoxy) is 1. The Balaban J connectivity index is 2.44. The molecule has 192 valence electrons. The smallest absolute Gasteiger partial charge is 0.244 e. The highest BCUT2D eigenvalue weighted by Crippen LogP contribution is 2.31. The lowest BCUT2D eigenvalue weighted by molar-refractivity contribution is -0.140. The number of methoxy groups -OCH3 is 1. The van der Waals surface area contributed by atoms with Gasteiger partial charge in [-0.1, -0.05) is 35.3 Å². The number of rotatable bonds is 9. The van der Waals surface area contributed by atoms with Gasteiger partial charge in [0.05, 0.1) is 24.1 Å². The van der Waals surface area contributed by atoms with E-state index in [1.807, 2.05) is 20.8 Å². The minimum atomic E-state index is -3.92. The van der Waals surface area contributed by atoms with Gasteiger partial charge >= 0.3 is 0 Å². The molecule has 2 amide bonds. The van der Waals surface area contributed by atoms with Crippen molar-refractivity contribution in [2.75, 3.05) is 24.2 Å². The Morgan fingerprint density at radius 3 is 2.20 bits per heavy atom. The summed E-state index contributed by atoms with van der Waals surface area (Å²) in [6.45, 7) is 6.60. The Morgan fingerprint density at radius 2 is 1.69 bits per heavy atom. The van der Waals surface area contributed by atoms with Gasteiger partial charge in [-0.2, -0.15) is 0 Å². The summed E-state index contributed by atoms with van der Waals surface area (Å²) in [7, 11) is -2.37. The highest BCUT2D eigenvalue weighted by molar-refractivity contribution is 7.92. The van der Waals surface area contributed by atoms with Crippen LogP contribution in [0.25, 0.3) is 0 Å². The van der Waals surface area contributed by atoms with Crippen LogP contribution in [0.2, 0.25) is 10.0 Å². The van der Waals surface area contributed by atoms with Crippen LogP contribution in [0.1, 0.15) is 33.3 Å². The number of benzene rings is 2. The van der Waals surface area contributed by atoms with E-state index in [4.69, 9.17) is 27.9 Å². The standard InChI is InChI=1S/C24H31Cl2N3O5S/c1-16(23(31)27-24(2,3)4)28(14-17-7-10-19(34-5)11-8-17)22(30)15-29(35(6,32)33)21-13-18(25)9-12-20(21)26/h7-13,16H,14-15H2,1-6H3,(H,27,31)/t16-/m0/s1. The summed E-state index contributed by atoms with van der Waals surface area (Å²) in [6, 6.07) is 10.5. The van der Waals surface area contributed by atoms with E-state index in [-0.39, 0.29) is 28.2 Å². The fraction of sp³-hybridized carbons (Fsp3) is 0.417. The second-order valence-electron chi connectivity index (χ2n) is 9.15. The third-order valence-corrected chi connectivity index (χ3v) is 6.71. The molecule has 0 saturated carbocycles. The maximum Gasteiger partial charge on any atom is 0.244 e. The molecule has 1 N–H and O–H groups in total. The van der Waals surface area contributed by atoms with E-state index >= 15 is 0 Å². The molecule has 1 atom stereocenters. The van der Waals surface area contributed by atoms with Gasteiger partial charge in [0.25, 0.3) is 0 Å². The van der Waals surface area contributed by atoms with E-state index in [2.05, 4.69) is 5.32 Å². The van der Waals surface area contributed by atoms with Crippen LogP contribution in [-0.4, -0.2) is 56.6 Å². The maximum absolute atomic E-state index is 13.5. The van der Waals surface area contributed by atoms with Gasteiger partial charge in [-0.15, -0.1) is 0 Å². The van der Waals surface area contributed by atoms with Crippen LogP contribution in [0.4, 0.5) is 5.69 Å². The Hall–Kier alpha value is -2.49. The van der Waals surface area contributed by atoms with Gasteiger partial charge in [0.1, 0.15) is 18.3 Å². The van der Waals surface area contributed by atoms with Crippen molar-refractivity contribution in [2.24, 2.45) is 0 Å². The number of nitrogens with zero attached hydrogens (tertiary/aromatic N) is 2. The molecule has 0 aromatic heterocycles. The number of carbonyl (C=O) groups excluding carboxylic acids is 2. The molecular weight excluding hydrogens is 513 g/mol. The molecule has 0 aliphatic rings. The van der Waals surface area contributed by atoms with E-state index in [9.17, 15) is 18.0 Å². The second kappa shape index (κ2) is 11.5. The molecule has 0 heterocycles. The zero-order valence-corrected chi connectivity index (χ0v) is 23.0. The Kier molecular flexibility index (Phi) is 9.44. The van der Waals surface area contributed by atoms with Crippen LogP contribution in [0.3, 0.4) is 0 Å². The maximum atomic E-state index is 13.5. The molecule has 0 bridgehead atoms. The van der Waals surface area contributed by atoms with Crippen molar-refractivity contribution in [3.8, 4) is 5.75 Å². The highest BCUT2D eigenvalue weighted by Gasteiger charge is 2.32. The fourth-order valence-electron chi connectivity index (χ4n) is 3.26. The minimum Gasteiger partial charge on any atom is -0.497 e. The SMILES string of the molecule is COc1ccc(CN(C(=O)CN(c2cc(Cl)ccc2Cl)S(C)(=O)=O)[C@@H](C)C(=O)NC(C)(C)C)cc1. The van der Waals surface area contributed by atoms with Gasteiger partial charge in [-0.05, 0) is 63.6 Å². The predicted octanol–water partition coefficient (Wildman–Crippen LogP) is 4.10. The van der Waals surface area contributed by atoms with Gasteiger partial charge in [0.2, 0.25) is 21.8 Å². The molecule has 35 heavy (non-hydrogen) atoms. The van der Waals surface area contributed by atoms with Gasteiger partial charge in [-0.25, -0.2) is 8.42 Å². The summed E-state index contributed by atoms with van der Waals surface area (Å²) in [6.07, 6.45) is 0.973. The third kappa shape index (κ3) is 8.30. The molecule has 8 nitrogen and oxygen atoms in total. The molecule has 0 aliphatic carbocycles. The van der Waals surface area contributed by atoms with Crippen molar-refractivity contribution in [1.29, 1.82) is 0 Å². The normalized spacial score (nSPS) is 12.6. The molecule has 2 rings (SSSR count). The Labute approximate surface area is 217 Å². The first-order valence-corrected chi connectivity index (χ1v) is 13.4. The van der Waals surface area contributed by atoms with Gasteiger partial charge in [-0.3, -0.25) is 13.9 Å². The summed E-state index contributed by atoms with van der Waals surface area (Å²) >= 11 is 12.3. The molecule has 0 fully saturated rings. The molecule has 2 aromatic rings. The lowest BCUT2D eigenvalue weighted by Gasteiger charge is -2.33. The number of amides is 2. The molecule has 11 heteroatoms. The molecule has 0 spiro atoms. The molecule has 0 radical (unpaired) electrons. The zero-order chi connectivity index (χ0) is 26.6. The van der Waals surface area contributed by atoms with Gasteiger partial charge < -0.3 is 15.0 Å². The number of anilines is 1. The third-order valence-electron chi connectivity index (χ3n) is 5.03. The van der Waals surface area contributed by atoms with Crippen molar-refractivity contribution >= 4 is 50.7 Å². The van der Waals surface area contributed by atoms with E-state index < -0.39 is 34.1 Å². The summed E-state index contributed by atoms with van der Waals surface area (Å²) in [5.74, 6) is -0.311. The first kappa shape index (κ1) is 28.7. The van der Waals surface area contributed by atoms with E-state index in [1.165, 1.54) is 23.1 Å². The van der Waals surface area contributed by atoms with Crippen LogP contribution in [-0.2, 0) is 26.2 Å². The quantitative estimate of drug-likeness (QED) is 0.513. The number of carbonyl (C=O) groups is 2. The van der Waals surface area contributed by atoms with E-state index in [0.29, 0.717) is 5.75 Å². The number of hydrogen-bond donors (Lipinski definition) is 1. The first-order valence-electron chi connectivity index (χ1n) is 10.8. The van der Waals surface area contributed by atoms with Crippen molar-refractivity contribution in [2.45, 2.75) is 45.8 Å². The second-order valence-corrected chi connectivity index (χ2v) is 11.9. The first-order chi connectivity index (χ1) is 16.1. The lowest BCUT2D eigenvalue weighted by atomic mass is 10.1. The molecule has 0 saturated heterocycles. The van der Waals surface area contributed by atoms with Crippen molar-refractivity contribution in [3.05, 3.63) is 58.1 Å². The largest absolute Gasteiger partial charge is 0.497 e. The number of sulfonamides is 1. The van der Waals surface area contributed by atoms with Crippen LogP contribution < -0.4 is 14.4 Å². The molecular formula is C24H31Cl2N3O5S. The van der Waals surface area contributed by atoms with Crippen LogP contribution >= 0.6 is 23.2 Å². The van der Waals surface area contributed by atoms with Crippen LogP contribution in [0.15, 0.2) is 42.5 Å². The van der Waals surface area contributed by atoms with E-state index in [1.54, 1.807) is 38.3 Å². The van der Waals surface area contributed by atoms with Crippen molar-refractivity contribution in [1.82, 2.24) is 10.2 Å².